The Kier molecular flexibility index (Phi) is 4.50. The highest BCUT2D eigenvalue weighted by Gasteiger charge is 2.05. The Balaban J connectivity index is 2.92. The smallest absolute Gasteiger partial charge is 0.190 e. The minimum atomic E-state index is 0.505. The molecule has 0 atom stereocenters. The molecule has 78 valence electrons. The van der Waals surface area contributed by atoms with Gasteiger partial charge >= 0.3 is 0 Å². The molecule has 0 saturated heterocycles. The molecule has 0 aliphatic carbocycles. The maximum absolute atomic E-state index is 5.31. The van der Waals surface area contributed by atoms with Crippen LogP contribution in [0.3, 0.4) is 0 Å². The van der Waals surface area contributed by atoms with Gasteiger partial charge in [0.05, 0.1) is 0 Å². The van der Waals surface area contributed by atoms with Crippen LogP contribution in [0.5, 0.6) is 0 Å². The van der Waals surface area contributed by atoms with Crippen LogP contribution in [0.2, 0.25) is 0 Å². The van der Waals surface area contributed by atoms with Gasteiger partial charge in [-0.15, -0.1) is 11.8 Å². The first-order chi connectivity index (χ1) is 6.65. The summed E-state index contributed by atoms with van der Waals surface area (Å²) in [5, 5.41) is 2.20. The fourth-order valence-corrected chi connectivity index (χ4v) is 2.11. The van der Waals surface area contributed by atoms with Gasteiger partial charge in [-0.3, -0.25) is 0 Å². The van der Waals surface area contributed by atoms with Crippen LogP contribution in [-0.4, -0.2) is 21.5 Å². The molecule has 14 heavy (non-hydrogen) atoms. The van der Waals surface area contributed by atoms with E-state index in [1.54, 1.807) is 11.8 Å². The maximum atomic E-state index is 5.31. The van der Waals surface area contributed by atoms with Gasteiger partial charge < -0.3 is 5.43 Å². The average Bonchev–Trinajstić information content (AvgIpc) is 2.16. The lowest BCUT2D eigenvalue weighted by Crippen LogP contribution is -2.09. The quantitative estimate of drug-likeness (QED) is 0.271. The van der Waals surface area contributed by atoms with Crippen molar-refractivity contribution < 1.29 is 0 Å². The van der Waals surface area contributed by atoms with Crippen LogP contribution in [0.25, 0.3) is 0 Å². The van der Waals surface area contributed by atoms with E-state index in [4.69, 9.17) is 5.84 Å². The third kappa shape index (κ3) is 3.36. The van der Waals surface area contributed by atoms with E-state index in [1.807, 2.05) is 12.3 Å². The number of thioether (sulfide) groups is 2. The zero-order valence-corrected chi connectivity index (χ0v) is 10.1. The van der Waals surface area contributed by atoms with Gasteiger partial charge in [0, 0.05) is 11.3 Å². The normalized spacial score (nSPS) is 10.6. The monoisotopic (exact) mass is 230 g/mol. The van der Waals surface area contributed by atoms with Gasteiger partial charge in [-0.1, -0.05) is 25.6 Å². The second-order valence-corrected chi connectivity index (χ2v) is 5.26. The van der Waals surface area contributed by atoms with Crippen LogP contribution in [0, 0.1) is 0 Å². The Morgan fingerprint density at radius 2 is 2.14 bits per heavy atom. The summed E-state index contributed by atoms with van der Waals surface area (Å²) in [6.45, 7) is 4.25. The Morgan fingerprint density at radius 1 is 1.43 bits per heavy atom. The van der Waals surface area contributed by atoms with Crippen molar-refractivity contribution >= 4 is 29.3 Å². The van der Waals surface area contributed by atoms with Crippen LogP contribution in [0.15, 0.2) is 16.2 Å². The zero-order valence-electron chi connectivity index (χ0n) is 8.44. The molecule has 0 spiro atoms. The molecule has 1 aromatic rings. The van der Waals surface area contributed by atoms with Crippen LogP contribution >= 0.6 is 23.5 Å². The van der Waals surface area contributed by atoms with Gasteiger partial charge in [0.1, 0.15) is 10.8 Å². The summed E-state index contributed by atoms with van der Waals surface area (Å²) in [4.78, 5) is 8.54. The predicted octanol–water partition coefficient (Wildman–Crippen LogP) is 1.98. The fourth-order valence-electron chi connectivity index (χ4n) is 0.871. The third-order valence-electron chi connectivity index (χ3n) is 1.37. The van der Waals surface area contributed by atoms with E-state index in [9.17, 15) is 0 Å². The first-order valence-electron chi connectivity index (χ1n) is 4.22. The molecule has 0 unspecified atom stereocenters. The van der Waals surface area contributed by atoms with Crippen LogP contribution in [-0.2, 0) is 0 Å². The van der Waals surface area contributed by atoms with Gasteiger partial charge in [-0.2, -0.15) is 0 Å². The maximum Gasteiger partial charge on any atom is 0.190 e. The molecule has 1 rings (SSSR count). The molecule has 3 N–H and O–H groups in total. The number of nitrogens with zero attached hydrogens (tertiary/aromatic N) is 2. The topological polar surface area (TPSA) is 63.8 Å². The van der Waals surface area contributed by atoms with Gasteiger partial charge in [0.2, 0.25) is 0 Å². The molecule has 0 radical (unpaired) electrons. The van der Waals surface area contributed by atoms with Gasteiger partial charge in [0.15, 0.2) is 5.16 Å². The predicted molar refractivity (Wildman–Crippen MR) is 62.6 cm³/mol. The molecule has 1 aromatic heterocycles. The average molecular weight is 230 g/mol. The van der Waals surface area contributed by atoms with Crippen molar-refractivity contribution in [2.75, 3.05) is 11.7 Å². The number of hydrogen-bond acceptors (Lipinski definition) is 6. The summed E-state index contributed by atoms with van der Waals surface area (Å²) < 4.78 is 0. The summed E-state index contributed by atoms with van der Waals surface area (Å²) >= 11 is 3.21. The number of anilines is 1. The summed E-state index contributed by atoms with van der Waals surface area (Å²) in [6, 6.07) is 1.85. The molecule has 0 fully saturated rings. The van der Waals surface area contributed by atoms with Crippen molar-refractivity contribution in [2.24, 2.45) is 5.84 Å². The first-order valence-corrected chi connectivity index (χ1v) is 6.32. The van der Waals surface area contributed by atoms with Crippen LogP contribution in [0.4, 0.5) is 5.82 Å². The summed E-state index contributed by atoms with van der Waals surface area (Å²) in [5.74, 6) is 5.97. The van der Waals surface area contributed by atoms with Gasteiger partial charge in [-0.25, -0.2) is 15.8 Å². The van der Waals surface area contributed by atoms with Crippen LogP contribution in [0.1, 0.15) is 13.8 Å². The Bertz CT molecular complexity index is 281. The SMILES string of the molecule is CSc1nc(NN)cc(SC(C)C)n1. The molecule has 0 bridgehead atoms. The molecule has 0 saturated carbocycles. The number of aromatic nitrogens is 2. The molecular weight excluding hydrogens is 216 g/mol. The number of rotatable bonds is 4. The first kappa shape index (κ1) is 11.6. The Morgan fingerprint density at radius 3 is 2.64 bits per heavy atom. The summed E-state index contributed by atoms with van der Waals surface area (Å²) in [5.41, 5.74) is 2.54. The minimum absolute atomic E-state index is 0.505. The largest absolute Gasteiger partial charge is 0.308 e. The summed E-state index contributed by atoms with van der Waals surface area (Å²) in [6.07, 6.45) is 1.94. The van der Waals surface area contributed by atoms with Crippen molar-refractivity contribution in [2.45, 2.75) is 29.3 Å². The number of nitrogens with two attached hydrogens (primary N) is 1. The standard InChI is InChI=1S/C8H14N4S2/c1-5(2)14-7-4-6(12-9)10-8(11-7)13-3/h4-5H,9H2,1-3H3,(H,10,11,12). The van der Waals surface area contributed by atoms with E-state index in [0.29, 0.717) is 11.1 Å². The lowest BCUT2D eigenvalue weighted by atomic mass is 10.6. The van der Waals surface area contributed by atoms with E-state index in [-0.39, 0.29) is 0 Å². The number of hydrogen-bond donors (Lipinski definition) is 2. The zero-order chi connectivity index (χ0) is 10.6. The van der Waals surface area contributed by atoms with Crippen molar-refractivity contribution in [3.8, 4) is 0 Å². The van der Waals surface area contributed by atoms with Crippen molar-refractivity contribution in [1.29, 1.82) is 0 Å². The van der Waals surface area contributed by atoms with Crippen molar-refractivity contribution in [1.82, 2.24) is 9.97 Å². The Labute approximate surface area is 92.4 Å². The molecule has 0 aliphatic heterocycles. The molecular formula is C8H14N4S2. The second-order valence-electron chi connectivity index (χ2n) is 2.89. The van der Waals surface area contributed by atoms with E-state index in [0.717, 1.165) is 10.2 Å². The molecule has 4 nitrogen and oxygen atoms in total. The highest BCUT2D eigenvalue weighted by atomic mass is 32.2. The van der Waals surface area contributed by atoms with E-state index in [1.165, 1.54) is 11.8 Å². The van der Waals surface area contributed by atoms with Gasteiger partial charge in [0.25, 0.3) is 0 Å². The fraction of sp³-hybridized carbons (Fsp3) is 0.500. The second kappa shape index (κ2) is 5.43. The van der Waals surface area contributed by atoms with Crippen LogP contribution < -0.4 is 11.3 Å². The third-order valence-corrected chi connectivity index (χ3v) is 2.84. The van der Waals surface area contributed by atoms with E-state index >= 15 is 0 Å². The highest BCUT2D eigenvalue weighted by Crippen LogP contribution is 2.24. The number of hydrazine groups is 1. The number of nitrogen functional groups attached to an aromatic ring is 1. The number of nitrogens with one attached hydrogen (secondary N) is 1. The van der Waals surface area contributed by atoms with Crippen molar-refractivity contribution in [3.05, 3.63) is 6.07 Å². The summed E-state index contributed by atoms with van der Waals surface area (Å²) in [7, 11) is 0. The molecule has 1 heterocycles. The van der Waals surface area contributed by atoms with Crippen molar-refractivity contribution in [3.63, 3.8) is 0 Å². The van der Waals surface area contributed by atoms with E-state index < -0.39 is 0 Å². The lowest BCUT2D eigenvalue weighted by molar-refractivity contribution is 0.889. The Hall–Kier alpha value is -0.460. The molecule has 0 amide bonds. The highest BCUT2D eigenvalue weighted by molar-refractivity contribution is 8.00. The van der Waals surface area contributed by atoms with Gasteiger partial charge in [-0.05, 0) is 6.26 Å². The molecule has 6 heteroatoms. The molecule has 0 aliphatic rings. The minimum Gasteiger partial charge on any atom is -0.308 e. The lowest BCUT2D eigenvalue weighted by Gasteiger charge is -2.07. The van der Waals surface area contributed by atoms with E-state index in [2.05, 4.69) is 29.2 Å². The molecule has 0 aromatic carbocycles.